The Hall–Kier alpha value is -2.14. The van der Waals surface area contributed by atoms with Gasteiger partial charge in [0, 0.05) is 18.6 Å². The van der Waals surface area contributed by atoms with Gasteiger partial charge in [-0.1, -0.05) is 38.5 Å². The molecule has 0 aliphatic heterocycles. The summed E-state index contributed by atoms with van der Waals surface area (Å²) in [6.07, 6.45) is 2.74. The Morgan fingerprint density at radius 3 is 2.30 bits per heavy atom. The molecule has 3 rings (SSSR count). The topological polar surface area (TPSA) is 63.1 Å². The van der Waals surface area contributed by atoms with Crippen molar-refractivity contribution in [2.75, 3.05) is 5.75 Å². The number of carbonyl (C=O) groups is 1. The maximum absolute atomic E-state index is 13.2. The molecule has 1 heterocycles. The molecule has 4 nitrogen and oxygen atoms in total. The van der Waals surface area contributed by atoms with E-state index in [0.717, 1.165) is 46.0 Å². The monoisotopic (exact) mass is 424 g/mol. The van der Waals surface area contributed by atoms with Crippen LogP contribution in [0.5, 0.6) is 0 Å². The van der Waals surface area contributed by atoms with E-state index in [4.69, 9.17) is 0 Å². The first-order valence-corrected chi connectivity index (χ1v) is 11.8. The molecular formula is C25H32N2O2S. The van der Waals surface area contributed by atoms with E-state index in [0.29, 0.717) is 24.3 Å². The summed E-state index contributed by atoms with van der Waals surface area (Å²) in [5.74, 6) is 1.62. The van der Waals surface area contributed by atoms with Crippen molar-refractivity contribution in [1.29, 1.82) is 0 Å². The van der Waals surface area contributed by atoms with Crippen LogP contribution in [0, 0.1) is 25.7 Å². The van der Waals surface area contributed by atoms with Gasteiger partial charge in [-0.25, -0.2) is 0 Å². The number of aromatic nitrogens is 2. The summed E-state index contributed by atoms with van der Waals surface area (Å²) in [5, 5.41) is 20.2. The molecule has 0 bridgehead atoms. The zero-order valence-corrected chi connectivity index (χ0v) is 19.5. The van der Waals surface area contributed by atoms with E-state index < -0.39 is 0 Å². The minimum absolute atomic E-state index is 0.0731. The quantitative estimate of drug-likeness (QED) is 0.561. The van der Waals surface area contributed by atoms with Crippen LogP contribution in [-0.4, -0.2) is 26.8 Å². The molecule has 1 aromatic heterocycles. The fourth-order valence-corrected chi connectivity index (χ4v) is 5.22. The summed E-state index contributed by atoms with van der Waals surface area (Å²) >= 11 is 1.66. The number of rotatable bonds is 7. The van der Waals surface area contributed by atoms with Gasteiger partial charge < -0.3 is 5.11 Å². The summed E-state index contributed by atoms with van der Waals surface area (Å²) in [6.45, 7) is 10.4. The van der Waals surface area contributed by atoms with Gasteiger partial charge in [-0.2, -0.15) is 5.10 Å². The lowest BCUT2D eigenvalue weighted by Gasteiger charge is -2.29. The molecule has 2 unspecified atom stereocenters. The van der Waals surface area contributed by atoms with Crippen LogP contribution in [0.4, 0.5) is 0 Å². The molecule has 2 atom stereocenters. The van der Waals surface area contributed by atoms with E-state index in [-0.39, 0.29) is 17.5 Å². The Morgan fingerprint density at radius 1 is 1.10 bits per heavy atom. The predicted octanol–water partition coefficient (Wildman–Crippen LogP) is 5.89. The Bertz CT molecular complexity index is 925. The largest absolute Gasteiger partial charge is 0.512 e. The van der Waals surface area contributed by atoms with Gasteiger partial charge in [0.2, 0.25) is 0 Å². The van der Waals surface area contributed by atoms with Crippen molar-refractivity contribution in [1.82, 2.24) is 10.2 Å². The van der Waals surface area contributed by atoms with E-state index in [9.17, 15) is 9.90 Å². The standard InChI is InChI=1S/C25H32N2O2S/c1-6-18-10-15(3)11-19(7-2)24(18)25-21(28)12-20(13-22(25)29)16(4)14-30-23-9-8-17(5)26-27-23/h8-11,16,20,28H,6-7,12-14H2,1-5H3. The molecule has 1 N–H and O–H groups in total. The fourth-order valence-electron chi connectivity index (χ4n) is 4.25. The molecule has 0 saturated carbocycles. The zero-order valence-electron chi connectivity index (χ0n) is 18.7. The summed E-state index contributed by atoms with van der Waals surface area (Å²) in [4.78, 5) is 13.2. The van der Waals surface area contributed by atoms with Crippen molar-refractivity contribution in [2.24, 2.45) is 11.8 Å². The molecular weight excluding hydrogens is 392 g/mol. The van der Waals surface area contributed by atoms with Crippen LogP contribution in [-0.2, 0) is 17.6 Å². The Labute approximate surface area is 184 Å². The van der Waals surface area contributed by atoms with Crippen molar-refractivity contribution in [3.05, 3.63) is 58.0 Å². The van der Waals surface area contributed by atoms with Crippen LogP contribution < -0.4 is 0 Å². The number of Topliss-reactive ketones (excluding diaryl/α,β-unsaturated/α-hetero) is 1. The van der Waals surface area contributed by atoms with Crippen LogP contribution in [0.25, 0.3) is 5.57 Å². The highest BCUT2D eigenvalue weighted by molar-refractivity contribution is 7.99. The van der Waals surface area contributed by atoms with E-state index in [2.05, 4.69) is 50.0 Å². The molecule has 0 saturated heterocycles. The number of allylic oxidation sites excluding steroid dienone is 2. The SMILES string of the molecule is CCc1cc(C)cc(CC)c1C1=C(O)CC(C(C)CSc2ccc(C)nn2)CC1=O. The third-order valence-corrected chi connectivity index (χ3v) is 7.21. The lowest BCUT2D eigenvalue weighted by atomic mass is 9.76. The normalized spacial score (nSPS) is 18.0. The number of ketones is 1. The smallest absolute Gasteiger partial charge is 0.167 e. The van der Waals surface area contributed by atoms with Crippen molar-refractivity contribution in [3.8, 4) is 0 Å². The molecule has 0 radical (unpaired) electrons. The maximum Gasteiger partial charge on any atom is 0.167 e. The van der Waals surface area contributed by atoms with E-state index in [1.54, 1.807) is 11.8 Å². The third-order valence-electron chi connectivity index (χ3n) is 6.00. The average Bonchev–Trinajstić information content (AvgIpc) is 2.72. The number of benzene rings is 1. The molecule has 1 aliphatic rings. The highest BCUT2D eigenvalue weighted by Gasteiger charge is 2.33. The summed E-state index contributed by atoms with van der Waals surface area (Å²) in [6, 6.07) is 8.24. The molecule has 160 valence electrons. The first-order chi connectivity index (χ1) is 14.3. The fraction of sp³-hybridized carbons (Fsp3) is 0.480. The molecule has 1 aromatic carbocycles. The first kappa shape index (κ1) is 22.5. The van der Waals surface area contributed by atoms with Crippen LogP contribution >= 0.6 is 11.8 Å². The number of nitrogens with zero attached hydrogens (tertiary/aromatic N) is 2. The Balaban J connectivity index is 1.80. The van der Waals surface area contributed by atoms with Crippen molar-refractivity contribution < 1.29 is 9.90 Å². The molecule has 1 aliphatic carbocycles. The molecule has 2 aromatic rings. The third kappa shape index (κ3) is 4.94. The molecule has 0 spiro atoms. The van der Waals surface area contributed by atoms with Crippen LogP contribution in [0.2, 0.25) is 0 Å². The number of thioether (sulfide) groups is 1. The maximum atomic E-state index is 13.2. The molecule has 5 heteroatoms. The lowest BCUT2D eigenvalue weighted by molar-refractivity contribution is -0.115. The second-order valence-electron chi connectivity index (χ2n) is 8.38. The van der Waals surface area contributed by atoms with Gasteiger partial charge in [-0.3, -0.25) is 4.79 Å². The zero-order chi connectivity index (χ0) is 21.8. The number of hydrogen-bond acceptors (Lipinski definition) is 5. The van der Waals surface area contributed by atoms with Crippen LogP contribution in [0.3, 0.4) is 0 Å². The number of hydrogen-bond donors (Lipinski definition) is 1. The highest BCUT2D eigenvalue weighted by atomic mass is 32.2. The van der Waals surface area contributed by atoms with Crippen molar-refractivity contribution in [3.63, 3.8) is 0 Å². The Kier molecular flexibility index (Phi) is 7.35. The second kappa shape index (κ2) is 9.78. The van der Waals surface area contributed by atoms with Gasteiger partial charge >= 0.3 is 0 Å². The highest BCUT2D eigenvalue weighted by Crippen LogP contribution is 2.39. The minimum Gasteiger partial charge on any atom is -0.512 e. The van der Waals surface area contributed by atoms with E-state index >= 15 is 0 Å². The summed E-state index contributed by atoms with van der Waals surface area (Å²) in [7, 11) is 0. The van der Waals surface area contributed by atoms with Crippen LogP contribution in [0.1, 0.15) is 61.6 Å². The summed E-state index contributed by atoms with van der Waals surface area (Å²) < 4.78 is 0. The van der Waals surface area contributed by atoms with Gasteiger partial charge in [-0.05, 0) is 67.3 Å². The van der Waals surface area contributed by atoms with E-state index in [1.165, 1.54) is 5.56 Å². The Morgan fingerprint density at radius 2 is 1.77 bits per heavy atom. The number of aliphatic hydroxyl groups excluding tert-OH is 1. The summed E-state index contributed by atoms with van der Waals surface area (Å²) in [5.41, 5.74) is 5.96. The van der Waals surface area contributed by atoms with Gasteiger partial charge in [-0.15, -0.1) is 16.9 Å². The molecule has 0 amide bonds. The van der Waals surface area contributed by atoms with Gasteiger partial charge in [0.1, 0.15) is 10.8 Å². The number of aryl methyl sites for hydroxylation is 4. The second-order valence-corrected chi connectivity index (χ2v) is 9.42. The first-order valence-electron chi connectivity index (χ1n) is 10.8. The predicted molar refractivity (Wildman–Crippen MR) is 124 cm³/mol. The van der Waals surface area contributed by atoms with Gasteiger partial charge in [0.15, 0.2) is 5.78 Å². The molecule has 30 heavy (non-hydrogen) atoms. The minimum atomic E-state index is 0.0731. The van der Waals surface area contributed by atoms with Crippen molar-refractivity contribution >= 4 is 23.1 Å². The van der Waals surface area contributed by atoms with E-state index in [1.807, 2.05) is 19.1 Å². The number of aliphatic hydroxyl groups is 1. The molecule has 0 fully saturated rings. The van der Waals surface area contributed by atoms with Crippen molar-refractivity contribution in [2.45, 2.75) is 65.3 Å². The lowest BCUT2D eigenvalue weighted by Crippen LogP contribution is -2.25. The van der Waals surface area contributed by atoms with Gasteiger partial charge in [0.25, 0.3) is 0 Å². The van der Waals surface area contributed by atoms with Crippen LogP contribution in [0.15, 0.2) is 35.1 Å². The number of carbonyl (C=O) groups excluding carboxylic acids is 1. The van der Waals surface area contributed by atoms with Gasteiger partial charge in [0.05, 0.1) is 11.3 Å². The average molecular weight is 425 g/mol.